The molecular formula is C11H14N2. The topological polar surface area (TPSA) is 17.0 Å². The molecule has 13 heavy (non-hydrogen) atoms. The van der Waals surface area contributed by atoms with Crippen LogP contribution in [0.4, 0.5) is 0 Å². The molecule has 0 bridgehead atoms. The highest BCUT2D eigenvalue weighted by Crippen LogP contribution is 2.18. The maximum atomic E-state index is 3.18. The van der Waals surface area contributed by atoms with E-state index in [0.717, 1.165) is 6.54 Å². The van der Waals surface area contributed by atoms with E-state index in [-0.39, 0.29) is 0 Å². The SMILES string of the molecule is CNCc1cccc2c1ccn2C. The van der Waals surface area contributed by atoms with Crippen molar-refractivity contribution < 1.29 is 0 Å². The summed E-state index contributed by atoms with van der Waals surface area (Å²) in [5.41, 5.74) is 2.66. The number of nitrogens with one attached hydrogen (secondary N) is 1. The van der Waals surface area contributed by atoms with Gasteiger partial charge in [0.25, 0.3) is 0 Å². The van der Waals surface area contributed by atoms with E-state index < -0.39 is 0 Å². The van der Waals surface area contributed by atoms with Gasteiger partial charge in [-0.3, -0.25) is 0 Å². The van der Waals surface area contributed by atoms with Crippen molar-refractivity contribution in [2.45, 2.75) is 6.54 Å². The minimum absolute atomic E-state index is 0.932. The van der Waals surface area contributed by atoms with Crippen LogP contribution in [0, 0.1) is 0 Å². The maximum Gasteiger partial charge on any atom is 0.0480 e. The van der Waals surface area contributed by atoms with Crippen molar-refractivity contribution in [1.82, 2.24) is 9.88 Å². The fourth-order valence-electron chi connectivity index (χ4n) is 1.71. The molecule has 0 aliphatic heterocycles. The van der Waals surface area contributed by atoms with Gasteiger partial charge in [0.15, 0.2) is 0 Å². The van der Waals surface area contributed by atoms with Crippen LogP contribution in [0.3, 0.4) is 0 Å². The summed E-state index contributed by atoms with van der Waals surface area (Å²) in [6, 6.07) is 8.59. The van der Waals surface area contributed by atoms with Gasteiger partial charge in [-0.15, -0.1) is 0 Å². The molecular weight excluding hydrogens is 160 g/mol. The summed E-state index contributed by atoms with van der Waals surface area (Å²) in [7, 11) is 4.05. The summed E-state index contributed by atoms with van der Waals surface area (Å²) in [6.45, 7) is 0.932. The van der Waals surface area contributed by atoms with E-state index >= 15 is 0 Å². The fourth-order valence-corrected chi connectivity index (χ4v) is 1.71. The molecule has 0 fully saturated rings. The van der Waals surface area contributed by atoms with Crippen LogP contribution in [0.1, 0.15) is 5.56 Å². The Labute approximate surface area is 78.2 Å². The lowest BCUT2D eigenvalue weighted by Crippen LogP contribution is -2.05. The van der Waals surface area contributed by atoms with E-state index in [4.69, 9.17) is 0 Å². The van der Waals surface area contributed by atoms with Gasteiger partial charge >= 0.3 is 0 Å². The normalized spacial score (nSPS) is 10.9. The molecule has 0 aliphatic carbocycles. The number of aryl methyl sites for hydroxylation is 1. The number of hydrogen-bond acceptors (Lipinski definition) is 1. The van der Waals surface area contributed by atoms with Crippen molar-refractivity contribution >= 4 is 10.9 Å². The van der Waals surface area contributed by atoms with E-state index in [9.17, 15) is 0 Å². The molecule has 0 spiro atoms. The molecule has 0 radical (unpaired) electrons. The van der Waals surface area contributed by atoms with Crippen LogP contribution in [-0.4, -0.2) is 11.6 Å². The Balaban J connectivity index is 2.63. The molecule has 68 valence electrons. The number of benzene rings is 1. The third kappa shape index (κ3) is 1.33. The smallest absolute Gasteiger partial charge is 0.0480 e. The maximum absolute atomic E-state index is 3.18. The van der Waals surface area contributed by atoms with Gasteiger partial charge in [-0.25, -0.2) is 0 Å². The lowest BCUT2D eigenvalue weighted by molar-refractivity contribution is 0.823. The molecule has 0 atom stereocenters. The third-order valence-corrected chi connectivity index (χ3v) is 2.39. The van der Waals surface area contributed by atoms with Gasteiger partial charge in [0, 0.05) is 30.7 Å². The van der Waals surface area contributed by atoms with Crippen LogP contribution in [-0.2, 0) is 13.6 Å². The fraction of sp³-hybridized carbons (Fsp3) is 0.273. The molecule has 1 heterocycles. The Kier molecular flexibility index (Phi) is 2.07. The van der Waals surface area contributed by atoms with Crippen LogP contribution >= 0.6 is 0 Å². The summed E-state index contributed by atoms with van der Waals surface area (Å²) in [5.74, 6) is 0. The molecule has 1 N–H and O–H groups in total. The highest BCUT2D eigenvalue weighted by atomic mass is 14.9. The average molecular weight is 174 g/mol. The van der Waals surface area contributed by atoms with Crippen molar-refractivity contribution in [3.05, 3.63) is 36.0 Å². The molecule has 0 saturated carbocycles. The van der Waals surface area contributed by atoms with Crippen molar-refractivity contribution in [3.8, 4) is 0 Å². The zero-order chi connectivity index (χ0) is 9.26. The van der Waals surface area contributed by atoms with Crippen LogP contribution < -0.4 is 5.32 Å². The van der Waals surface area contributed by atoms with Crippen LogP contribution in [0.15, 0.2) is 30.5 Å². The second kappa shape index (κ2) is 3.23. The molecule has 0 saturated heterocycles. The highest BCUT2D eigenvalue weighted by molar-refractivity contribution is 5.83. The van der Waals surface area contributed by atoms with Gasteiger partial charge in [-0.2, -0.15) is 0 Å². The Morgan fingerprint density at radius 1 is 1.31 bits per heavy atom. The Bertz CT molecular complexity index is 415. The van der Waals surface area contributed by atoms with Crippen molar-refractivity contribution in [2.75, 3.05) is 7.05 Å². The molecule has 1 aromatic heterocycles. The largest absolute Gasteiger partial charge is 0.351 e. The first-order valence-corrected chi connectivity index (χ1v) is 4.50. The Hall–Kier alpha value is -1.28. The van der Waals surface area contributed by atoms with E-state index in [1.165, 1.54) is 16.5 Å². The van der Waals surface area contributed by atoms with E-state index in [1.807, 2.05) is 7.05 Å². The average Bonchev–Trinajstić information content (AvgIpc) is 2.50. The standard InChI is InChI=1S/C11H14N2/c1-12-8-9-4-3-5-11-10(9)6-7-13(11)2/h3-7,12H,8H2,1-2H3. The van der Waals surface area contributed by atoms with Gasteiger partial charge in [0.2, 0.25) is 0 Å². The van der Waals surface area contributed by atoms with Crippen molar-refractivity contribution in [2.24, 2.45) is 7.05 Å². The summed E-state index contributed by atoms with van der Waals surface area (Å²) in [5, 5.41) is 4.52. The number of rotatable bonds is 2. The molecule has 2 rings (SSSR count). The highest BCUT2D eigenvalue weighted by Gasteiger charge is 2.01. The van der Waals surface area contributed by atoms with Gasteiger partial charge in [-0.1, -0.05) is 12.1 Å². The molecule has 2 nitrogen and oxygen atoms in total. The molecule has 1 aromatic carbocycles. The molecule has 2 heteroatoms. The Morgan fingerprint density at radius 2 is 2.15 bits per heavy atom. The molecule has 0 aliphatic rings. The van der Waals surface area contributed by atoms with E-state index in [1.54, 1.807) is 0 Å². The molecule has 0 amide bonds. The van der Waals surface area contributed by atoms with Crippen LogP contribution in [0.2, 0.25) is 0 Å². The third-order valence-electron chi connectivity index (χ3n) is 2.39. The Morgan fingerprint density at radius 3 is 2.92 bits per heavy atom. The van der Waals surface area contributed by atoms with Crippen LogP contribution in [0.5, 0.6) is 0 Å². The predicted octanol–water partition coefficient (Wildman–Crippen LogP) is 1.90. The predicted molar refractivity (Wildman–Crippen MR) is 55.7 cm³/mol. The summed E-state index contributed by atoms with van der Waals surface area (Å²) in [4.78, 5) is 0. The van der Waals surface area contributed by atoms with Gasteiger partial charge in [0.1, 0.15) is 0 Å². The number of nitrogens with zero attached hydrogens (tertiary/aromatic N) is 1. The van der Waals surface area contributed by atoms with Crippen molar-refractivity contribution in [1.29, 1.82) is 0 Å². The monoisotopic (exact) mass is 174 g/mol. The van der Waals surface area contributed by atoms with Crippen molar-refractivity contribution in [3.63, 3.8) is 0 Å². The van der Waals surface area contributed by atoms with Crippen LogP contribution in [0.25, 0.3) is 10.9 Å². The minimum Gasteiger partial charge on any atom is -0.351 e. The summed E-state index contributed by atoms with van der Waals surface area (Å²) in [6.07, 6.45) is 2.10. The van der Waals surface area contributed by atoms with Gasteiger partial charge < -0.3 is 9.88 Å². The zero-order valence-corrected chi connectivity index (χ0v) is 8.04. The first-order valence-electron chi connectivity index (χ1n) is 4.50. The second-order valence-electron chi connectivity index (χ2n) is 3.31. The summed E-state index contributed by atoms with van der Waals surface area (Å²) >= 11 is 0. The first-order chi connectivity index (χ1) is 6.33. The number of aromatic nitrogens is 1. The van der Waals surface area contributed by atoms with Gasteiger partial charge in [-0.05, 0) is 24.7 Å². The summed E-state index contributed by atoms with van der Waals surface area (Å²) < 4.78 is 2.15. The zero-order valence-electron chi connectivity index (χ0n) is 8.04. The van der Waals surface area contributed by atoms with Gasteiger partial charge in [0.05, 0.1) is 0 Å². The van der Waals surface area contributed by atoms with E-state index in [0.29, 0.717) is 0 Å². The van der Waals surface area contributed by atoms with E-state index in [2.05, 4.69) is 47.4 Å². The lowest BCUT2D eigenvalue weighted by atomic mass is 10.1. The first kappa shape index (κ1) is 8.32. The quantitative estimate of drug-likeness (QED) is 0.735. The molecule has 2 aromatic rings. The number of fused-ring (bicyclic) bond motifs is 1. The number of hydrogen-bond donors (Lipinski definition) is 1. The second-order valence-corrected chi connectivity index (χ2v) is 3.31. The minimum atomic E-state index is 0.932. The molecule has 0 unspecified atom stereocenters. The lowest BCUT2D eigenvalue weighted by Gasteiger charge is -2.02.